The van der Waals surface area contributed by atoms with Gasteiger partial charge in [0.05, 0.1) is 5.41 Å². The Morgan fingerprint density at radius 1 is 1.14 bits per heavy atom. The van der Waals surface area contributed by atoms with Crippen molar-refractivity contribution in [1.82, 2.24) is 4.90 Å². The van der Waals surface area contributed by atoms with Crippen LogP contribution in [0.2, 0.25) is 0 Å². The molecule has 1 heterocycles. The first kappa shape index (κ1) is 19.2. The van der Waals surface area contributed by atoms with E-state index in [9.17, 15) is 14.7 Å². The number of fused-ring (bicyclic) bond motifs is 3. The van der Waals surface area contributed by atoms with Crippen LogP contribution in [0.1, 0.15) is 36.3 Å². The zero-order chi connectivity index (χ0) is 20.4. The van der Waals surface area contributed by atoms with Gasteiger partial charge in [-0.05, 0) is 41.5 Å². The van der Waals surface area contributed by atoms with E-state index in [4.69, 9.17) is 4.74 Å². The summed E-state index contributed by atoms with van der Waals surface area (Å²) in [7, 11) is 0. The quantitative estimate of drug-likeness (QED) is 0.752. The monoisotopic (exact) mass is 391 g/mol. The molecule has 2 aliphatic rings. The number of carboxylic acid groups (broad SMARTS) is 1. The molecule has 2 aromatic rings. The second-order valence-corrected chi connectivity index (χ2v) is 7.91. The number of piperidine rings is 1. The zero-order valence-corrected chi connectivity index (χ0v) is 16.3. The number of carbonyl (C=O) groups is 2. The van der Waals surface area contributed by atoms with Crippen molar-refractivity contribution in [3.63, 3.8) is 0 Å². The summed E-state index contributed by atoms with van der Waals surface area (Å²) < 4.78 is 5.70. The lowest BCUT2D eigenvalue weighted by atomic mass is 9.77. The lowest BCUT2D eigenvalue weighted by molar-refractivity contribution is -0.151. The van der Waals surface area contributed by atoms with Crippen molar-refractivity contribution >= 4 is 12.1 Å². The first-order valence-corrected chi connectivity index (χ1v) is 10.00. The van der Waals surface area contributed by atoms with Crippen LogP contribution in [0.15, 0.2) is 61.2 Å². The second-order valence-electron chi connectivity index (χ2n) is 7.91. The Hall–Kier alpha value is -3.08. The van der Waals surface area contributed by atoms with Gasteiger partial charge in [-0.3, -0.25) is 4.79 Å². The maximum absolute atomic E-state index is 12.8. The van der Waals surface area contributed by atoms with Crippen LogP contribution in [-0.4, -0.2) is 41.8 Å². The Kier molecular flexibility index (Phi) is 5.14. The van der Waals surface area contributed by atoms with Crippen LogP contribution >= 0.6 is 0 Å². The Morgan fingerprint density at radius 2 is 1.76 bits per heavy atom. The number of rotatable bonds is 5. The first-order chi connectivity index (χ1) is 14.1. The molecule has 1 atom stereocenters. The van der Waals surface area contributed by atoms with Crippen LogP contribution in [0.4, 0.5) is 4.79 Å². The van der Waals surface area contributed by atoms with Crippen molar-refractivity contribution in [2.24, 2.45) is 5.41 Å². The lowest BCUT2D eigenvalue weighted by Crippen LogP contribution is -2.50. The van der Waals surface area contributed by atoms with Crippen LogP contribution in [0.3, 0.4) is 0 Å². The molecule has 5 nitrogen and oxygen atoms in total. The first-order valence-electron chi connectivity index (χ1n) is 10.00. The van der Waals surface area contributed by atoms with E-state index in [1.54, 1.807) is 6.08 Å². The van der Waals surface area contributed by atoms with Crippen LogP contribution in [0, 0.1) is 5.41 Å². The molecule has 0 bridgehead atoms. The van der Waals surface area contributed by atoms with Crippen LogP contribution in [0.5, 0.6) is 0 Å². The number of ether oxygens (including phenoxy) is 1. The van der Waals surface area contributed by atoms with Crippen molar-refractivity contribution in [3.8, 4) is 11.1 Å². The van der Waals surface area contributed by atoms with Crippen LogP contribution < -0.4 is 0 Å². The number of hydrogen-bond acceptors (Lipinski definition) is 3. The van der Waals surface area contributed by atoms with Gasteiger partial charge in [0.1, 0.15) is 6.61 Å². The molecule has 1 unspecified atom stereocenters. The van der Waals surface area contributed by atoms with E-state index >= 15 is 0 Å². The Balaban J connectivity index is 1.49. The molecule has 1 fully saturated rings. The van der Waals surface area contributed by atoms with Crippen molar-refractivity contribution in [2.45, 2.75) is 25.2 Å². The van der Waals surface area contributed by atoms with E-state index in [-0.39, 0.29) is 19.1 Å². The van der Waals surface area contributed by atoms with E-state index < -0.39 is 17.5 Å². The molecule has 0 saturated carbocycles. The summed E-state index contributed by atoms with van der Waals surface area (Å²) in [5.41, 5.74) is 3.71. The van der Waals surface area contributed by atoms with Crippen molar-refractivity contribution in [2.75, 3.05) is 19.7 Å². The summed E-state index contributed by atoms with van der Waals surface area (Å²) in [6.07, 6.45) is 2.71. The fourth-order valence-corrected chi connectivity index (χ4v) is 4.68. The van der Waals surface area contributed by atoms with Gasteiger partial charge in [-0.15, -0.1) is 6.58 Å². The van der Waals surface area contributed by atoms with E-state index in [0.717, 1.165) is 11.1 Å². The molecule has 1 aliphatic carbocycles. The van der Waals surface area contributed by atoms with Crippen molar-refractivity contribution in [3.05, 3.63) is 72.3 Å². The van der Waals surface area contributed by atoms with Gasteiger partial charge in [0, 0.05) is 19.0 Å². The predicted molar refractivity (Wildman–Crippen MR) is 111 cm³/mol. The van der Waals surface area contributed by atoms with Crippen LogP contribution in [-0.2, 0) is 9.53 Å². The molecule has 1 aliphatic heterocycles. The van der Waals surface area contributed by atoms with Crippen LogP contribution in [0.25, 0.3) is 11.1 Å². The van der Waals surface area contributed by atoms with E-state index in [1.165, 1.54) is 16.0 Å². The highest BCUT2D eigenvalue weighted by Crippen LogP contribution is 2.44. The molecule has 29 heavy (non-hydrogen) atoms. The zero-order valence-electron chi connectivity index (χ0n) is 16.3. The number of carboxylic acids is 1. The third-order valence-corrected chi connectivity index (χ3v) is 6.16. The number of amides is 1. The fourth-order valence-electron chi connectivity index (χ4n) is 4.68. The molecule has 150 valence electrons. The maximum atomic E-state index is 12.8. The topological polar surface area (TPSA) is 66.8 Å². The van der Waals surface area contributed by atoms with Gasteiger partial charge in [0.25, 0.3) is 0 Å². The second kappa shape index (κ2) is 7.74. The lowest BCUT2D eigenvalue weighted by Gasteiger charge is -2.38. The number of hydrogen-bond donors (Lipinski definition) is 1. The number of nitrogens with zero attached hydrogens (tertiary/aromatic N) is 1. The third-order valence-electron chi connectivity index (χ3n) is 6.16. The molecule has 4 rings (SSSR count). The SMILES string of the molecule is C=CCC1(C(=O)O)CCCN(C(=O)OCC2c3ccccc3-c3ccccc32)C1. The molecule has 0 radical (unpaired) electrons. The number of carbonyl (C=O) groups excluding carboxylic acids is 1. The minimum absolute atomic E-state index is 0.00598. The molecule has 0 aromatic heterocycles. The summed E-state index contributed by atoms with van der Waals surface area (Å²) in [6.45, 7) is 4.60. The molecular formula is C24H25NO4. The Bertz CT molecular complexity index is 908. The number of aliphatic carboxylic acids is 1. The van der Waals surface area contributed by atoms with Gasteiger partial charge >= 0.3 is 12.1 Å². The molecule has 1 saturated heterocycles. The molecule has 1 N–H and O–H groups in total. The number of benzene rings is 2. The minimum Gasteiger partial charge on any atom is -0.481 e. The van der Waals surface area contributed by atoms with Gasteiger partial charge in [-0.1, -0.05) is 54.6 Å². The summed E-state index contributed by atoms with van der Waals surface area (Å²) in [6, 6.07) is 16.4. The Morgan fingerprint density at radius 3 is 2.34 bits per heavy atom. The van der Waals surface area contributed by atoms with Gasteiger partial charge in [0.2, 0.25) is 0 Å². The number of allylic oxidation sites excluding steroid dienone is 1. The standard InChI is InChI=1S/C24H25NO4/c1-2-12-24(22(26)27)13-7-14-25(16-24)23(28)29-15-21-19-10-5-3-8-17(19)18-9-4-6-11-20(18)21/h2-6,8-11,21H,1,7,12-16H2,(H,26,27). The van der Waals surface area contributed by atoms with Gasteiger partial charge in [0.15, 0.2) is 0 Å². The van der Waals surface area contributed by atoms with Gasteiger partial charge < -0.3 is 14.7 Å². The fraction of sp³-hybridized carbons (Fsp3) is 0.333. The summed E-state index contributed by atoms with van der Waals surface area (Å²) in [5, 5.41) is 9.71. The van der Waals surface area contributed by atoms with Crippen molar-refractivity contribution in [1.29, 1.82) is 0 Å². The molecule has 0 spiro atoms. The highest BCUT2D eigenvalue weighted by atomic mass is 16.6. The highest BCUT2D eigenvalue weighted by molar-refractivity contribution is 5.79. The number of likely N-dealkylation sites (tertiary alicyclic amines) is 1. The highest BCUT2D eigenvalue weighted by Gasteiger charge is 2.43. The molecule has 2 aromatic carbocycles. The summed E-state index contributed by atoms with van der Waals surface area (Å²) in [5.74, 6) is -0.887. The summed E-state index contributed by atoms with van der Waals surface area (Å²) >= 11 is 0. The molecule has 5 heteroatoms. The smallest absolute Gasteiger partial charge is 0.409 e. The largest absolute Gasteiger partial charge is 0.481 e. The Labute approximate surface area is 170 Å². The van der Waals surface area contributed by atoms with E-state index in [1.807, 2.05) is 24.3 Å². The maximum Gasteiger partial charge on any atom is 0.409 e. The molecule has 1 amide bonds. The predicted octanol–water partition coefficient (Wildman–Crippen LogP) is 4.68. The van der Waals surface area contributed by atoms with Crippen molar-refractivity contribution < 1.29 is 19.4 Å². The normalized spacial score (nSPS) is 20.6. The van der Waals surface area contributed by atoms with E-state index in [0.29, 0.717) is 25.8 Å². The van der Waals surface area contributed by atoms with Gasteiger partial charge in [-0.25, -0.2) is 4.79 Å². The molecular weight excluding hydrogens is 366 g/mol. The van der Waals surface area contributed by atoms with Gasteiger partial charge in [-0.2, -0.15) is 0 Å². The minimum atomic E-state index is -0.967. The average Bonchev–Trinajstić information content (AvgIpc) is 3.06. The average molecular weight is 391 g/mol. The van der Waals surface area contributed by atoms with E-state index in [2.05, 4.69) is 30.8 Å². The summed E-state index contributed by atoms with van der Waals surface area (Å²) in [4.78, 5) is 26.2. The third kappa shape index (κ3) is 3.41.